The van der Waals surface area contributed by atoms with Gasteiger partial charge in [0.05, 0.1) is 29.0 Å². The van der Waals surface area contributed by atoms with E-state index in [1.165, 1.54) is 17.8 Å². The minimum absolute atomic E-state index is 0.117. The molecule has 1 aromatic carbocycles. The number of aromatic nitrogens is 3. The lowest BCUT2D eigenvalue weighted by atomic mass is 9.95. The number of fused-ring (bicyclic) bond motifs is 3. The van der Waals surface area contributed by atoms with Crippen LogP contribution in [0.2, 0.25) is 0 Å². The van der Waals surface area contributed by atoms with Gasteiger partial charge in [-0.2, -0.15) is 0 Å². The number of hydrogen-bond acceptors (Lipinski definition) is 5. The quantitative estimate of drug-likeness (QED) is 0.702. The van der Waals surface area contributed by atoms with Gasteiger partial charge in [0.2, 0.25) is 5.91 Å². The maximum absolute atomic E-state index is 13.6. The van der Waals surface area contributed by atoms with Crippen molar-refractivity contribution >= 4 is 23.2 Å². The van der Waals surface area contributed by atoms with Crippen LogP contribution < -0.4 is 5.32 Å². The Kier molecular flexibility index (Phi) is 5.08. The zero-order chi connectivity index (χ0) is 20.5. The minimum atomic E-state index is -0.698. The standard InChI is InChI=1S/C22H23N5O2S/c28-21(24-16-9-5-2-6-10-16)19-20-18(11-12-30-20)27-17(13-23-25-27)14-26(19)22(29)15-7-3-1-4-8-15/h1,3-4,7-8,11-13,16,19H,2,5-6,9-10,14H2,(H,24,28). The summed E-state index contributed by atoms with van der Waals surface area (Å²) in [5.41, 5.74) is 2.17. The summed E-state index contributed by atoms with van der Waals surface area (Å²) in [5, 5.41) is 13.4. The van der Waals surface area contributed by atoms with Crippen LogP contribution in [-0.4, -0.2) is 37.7 Å². The van der Waals surface area contributed by atoms with Crippen LogP contribution in [0.15, 0.2) is 48.0 Å². The molecule has 154 valence electrons. The van der Waals surface area contributed by atoms with Crippen LogP contribution in [0.1, 0.15) is 59.1 Å². The number of nitrogens with one attached hydrogen (secondary N) is 1. The van der Waals surface area contributed by atoms with Crippen LogP contribution in [0.4, 0.5) is 0 Å². The van der Waals surface area contributed by atoms with E-state index in [1.54, 1.807) is 27.9 Å². The van der Waals surface area contributed by atoms with E-state index in [9.17, 15) is 9.59 Å². The normalized spacial score (nSPS) is 18.9. The monoisotopic (exact) mass is 421 g/mol. The maximum atomic E-state index is 13.6. The van der Waals surface area contributed by atoms with Gasteiger partial charge in [-0.15, -0.1) is 16.4 Å². The van der Waals surface area contributed by atoms with E-state index in [0.29, 0.717) is 5.56 Å². The molecule has 1 aliphatic carbocycles. The van der Waals surface area contributed by atoms with Gasteiger partial charge in [0.1, 0.15) is 6.04 Å². The summed E-state index contributed by atoms with van der Waals surface area (Å²) in [6, 6.07) is 10.5. The van der Waals surface area contributed by atoms with Gasteiger partial charge in [-0.05, 0) is 36.4 Å². The van der Waals surface area contributed by atoms with Gasteiger partial charge in [-0.3, -0.25) is 9.59 Å². The molecule has 0 bridgehead atoms. The number of rotatable bonds is 3. The summed E-state index contributed by atoms with van der Waals surface area (Å²) >= 11 is 1.48. The Bertz CT molecular complexity index is 1050. The molecule has 2 aromatic heterocycles. The predicted molar refractivity (Wildman–Crippen MR) is 113 cm³/mol. The van der Waals surface area contributed by atoms with E-state index in [-0.39, 0.29) is 24.4 Å². The summed E-state index contributed by atoms with van der Waals surface area (Å²) in [5.74, 6) is -0.290. The molecule has 2 aliphatic rings. The summed E-state index contributed by atoms with van der Waals surface area (Å²) in [4.78, 5) is 29.6. The number of thiophene rings is 1. The number of carbonyl (C=O) groups is 2. The first-order valence-electron chi connectivity index (χ1n) is 10.4. The van der Waals surface area contributed by atoms with Gasteiger partial charge >= 0.3 is 0 Å². The van der Waals surface area contributed by atoms with Gasteiger partial charge in [0, 0.05) is 11.6 Å². The lowest BCUT2D eigenvalue weighted by Crippen LogP contribution is -2.46. The molecule has 8 heteroatoms. The van der Waals surface area contributed by atoms with Crippen molar-refractivity contribution in [3.63, 3.8) is 0 Å². The highest BCUT2D eigenvalue weighted by Crippen LogP contribution is 2.37. The molecule has 1 atom stereocenters. The van der Waals surface area contributed by atoms with Crippen LogP contribution in [0.3, 0.4) is 0 Å². The smallest absolute Gasteiger partial charge is 0.255 e. The Labute approximate surface area is 178 Å². The summed E-state index contributed by atoms with van der Waals surface area (Å²) in [7, 11) is 0. The Morgan fingerprint density at radius 2 is 1.87 bits per heavy atom. The zero-order valence-electron chi connectivity index (χ0n) is 16.5. The average Bonchev–Trinajstić information content (AvgIpc) is 3.41. The van der Waals surface area contributed by atoms with Crippen molar-refractivity contribution < 1.29 is 9.59 Å². The average molecular weight is 422 g/mol. The first-order valence-corrected chi connectivity index (χ1v) is 11.2. The molecule has 3 heterocycles. The Morgan fingerprint density at radius 3 is 2.67 bits per heavy atom. The van der Waals surface area contributed by atoms with Gasteiger partial charge in [0.25, 0.3) is 5.91 Å². The topological polar surface area (TPSA) is 80.1 Å². The van der Waals surface area contributed by atoms with E-state index in [4.69, 9.17) is 0 Å². The SMILES string of the molecule is O=C(NC1CCCCC1)C1c2sccc2-n2nncc2CN1C(=O)c1ccccc1. The number of benzene rings is 1. The molecule has 1 fully saturated rings. The Balaban J connectivity index is 1.55. The summed E-state index contributed by atoms with van der Waals surface area (Å²) in [6.07, 6.45) is 7.13. The summed E-state index contributed by atoms with van der Waals surface area (Å²) in [6.45, 7) is 0.269. The number of carbonyl (C=O) groups excluding carboxylic acids is 2. The first kappa shape index (κ1) is 19.0. The van der Waals surface area contributed by atoms with Gasteiger partial charge in [-0.25, -0.2) is 4.68 Å². The second kappa shape index (κ2) is 8.02. The van der Waals surface area contributed by atoms with Crippen molar-refractivity contribution in [2.75, 3.05) is 0 Å². The van der Waals surface area contributed by atoms with Gasteiger partial charge < -0.3 is 10.2 Å². The molecule has 1 unspecified atom stereocenters. The van der Waals surface area contributed by atoms with Crippen molar-refractivity contribution in [3.8, 4) is 5.69 Å². The van der Waals surface area contributed by atoms with Crippen LogP contribution >= 0.6 is 11.3 Å². The van der Waals surface area contributed by atoms with Crippen LogP contribution in [0.25, 0.3) is 5.69 Å². The molecule has 1 saturated carbocycles. The van der Waals surface area contributed by atoms with Crippen molar-refractivity contribution in [2.45, 2.75) is 50.7 Å². The van der Waals surface area contributed by atoms with E-state index in [2.05, 4.69) is 15.6 Å². The van der Waals surface area contributed by atoms with Gasteiger partial charge in [0.15, 0.2) is 0 Å². The highest BCUT2D eigenvalue weighted by molar-refractivity contribution is 7.10. The Morgan fingerprint density at radius 1 is 1.07 bits per heavy atom. The fourth-order valence-electron chi connectivity index (χ4n) is 4.39. The third kappa shape index (κ3) is 3.41. The van der Waals surface area contributed by atoms with E-state index >= 15 is 0 Å². The predicted octanol–water partition coefficient (Wildman–Crippen LogP) is 3.47. The molecule has 0 radical (unpaired) electrons. The fourth-order valence-corrected chi connectivity index (χ4v) is 5.37. The Hall–Kier alpha value is -3.00. The number of nitrogens with zero attached hydrogens (tertiary/aromatic N) is 4. The molecule has 3 aromatic rings. The third-order valence-corrected chi connectivity index (χ3v) is 6.85. The van der Waals surface area contributed by atoms with Crippen LogP contribution in [0, 0.1) is 0 Å². The second-order valence-corrected chi connectivity index (χ2v) is 8.80. The molecule has 7 nitrogen and oxygen atoms in total. The number of hydrogen-bond donors (Lipinski definition) is 1. The first-order chi connectivity index (χ1) is 14.7. The molecule has 1 aliphatic heterocycles. The van der Waals surface area contributed by atoms with Crippen molar-refractivity contribution in [1.82, 2.24) is 25.2 Å². The largest absolute Gasteiger partial charge is 0.351 e. The van der Waals surface area contributed by atoms with Crippen LogP contribution in [0.5, 0.6) is 0 Å². The molecule has 5 rings (SSSR count). The molecular weight excluding hydrogens is 398 g/mol. The zero-order valence-corrected chi connectivity index (χ0v) is 17.3. The van der Waals surface area contributed by atoms with Crippen molar-refractivity contribution in [1.29, 1.82) is 0 Å². The van der Waals surface area contributed by atoms with Gasteiger partial charge in [-0.1, -0.05) is 42.7 Å². The molecular formula is C22H23N5O2S. The highest BCUT2D eigenvalue weighted by Gasteiger charge is 2.39. The second-order valence-electron chi connectivity index (χ2n) is 7.85. The van der Waals surface area contributed by atoms with E-state index < -0.39 is 6.04 Å². The summed E-state index contributed by atoms with van der Waals surface area (Å²) < 4.78 is 1.74. The maximum Gasteiger partial charge on any atom is 0.255 e. The molecule has 2 amide bonds. The minimum Gasteiger partial charge on any atom is -0.351 e. The lowest BCUT2D eigenvalue weighted by Gasteiger charge is -2.31. The van der Waals surface area contributed by atoms with E-state index in [0.717, 1.165) is 41.9 Å². The lowest BCUT2D eigenvalue weighted by molar-refractivity contribution is -0.126. The van der Waals surface area contributed by atoms with Crippen molar-refractivity contribution in [2.24, 2.45) is 0 Å². The molecule has 30 heavy (non-hydrogen) atoms. The number of amides is 2. The van der Waals surface area contributed by atoms with Crippen LogP contribution in [-0.2, 0) is 11.3 Å². The molecule has 0 spiro atoms. The van der Waals surface area contributed by atoms with Crippen molar-refractivity contribution in [3.05, 3.63) is 64.1 Å². The third-order valence-electron chi connectivity index (χ3n) is 5.90. The van der Waals surface area contributed by atoms with E-state index in [1.807, 2.05) is 29.6 Å². The molecule has 1 N–H and O–H groups in total. The fraction of sp³-hybridized carbons (Fsp3) is 0.364. The highest BCUT2D eigenvalue weighted by atomic mass is 32.1. The molecule has 0 saturated heterocycles.